The second-order valence-electron chi connectivity index (χ2n) is 24.8. The maximum Gasteiger partial charge on any atom is 0.114 e. The van der Waals surface area contributed by atoms with Crippen molar-refractivity contribution >= 4 is 54.1 Å². The lowest BCUT2D eigenvalue weighted by Gasteiger charge is -2.22. The quantitative estimate of drug-likeness (QED) is 0.139. The zero-order valence-electron chi connectivity index (χ0n) is 50.5. The highest BCUT2D eigenvalue weighted by molar-refractivity contribution is 6.22. The summed E-state index contributed by atoms with van der Waals surface area (Å²) in [6.45, 7) is 6.87. The van der Waals surface area contributed by atoms with Crippen LogP contribution in [0.1, 0.15) is 37.7 Å². The smallest absolute Gasteiger partial charge is 0.114 e. The SMILES string of the molecule is CC1(C)c2ccccc2-c2ccc(-c3ccc4cc(-c5cccc(-c6ccc7c8c(cccc68)-c6ccccc6-7)c5)ccc4c3)cc21.CCc1nc2ccccc2n1-c1ccc(-c2c3ccccc3c(-c3ccc(-c4ccccc4)cc3)c3ccccc23)cc1. The highest BCUT2D eigenvalue weighted by Gasteiger charge is 2.35. The molecule has 1 aromatic heterocycles. The molecule has 0 saturated carbocycles. The summed E-state index contributed by atoms with van der Waals surface area (Å²) in [5.74, 6) is 1.08. The Kier molecular flexibility index (Phi) is 12.6. The molecule has 0 bridgehead atoms. The van der Waals surface area contributed by atoms with Crippen LogP contribution in [0.4, 0.5) is 0 Å². The fourth-order valence-corrected chi connectivity index (χ4v) is 15.0. The van der Waals surface area contributed by atoms with E-state index in [0.717, 1.165) is 29.0 Å². The number of para-hydroxylation sites is 2. The normalized spacial score (nSPS) is 12.5. The summed E-state index contributed by atoms with van der Waals surface area (Å²) in [5.41, 5.74) is 29.2. The topological polar surface area (TPSA) is 17.8 Å². The lowest BCUT2D eigenvalue weighted by atomic mass is 9.81. The van der Waals surface area contributed by atoms with E-state index >= 15 is 0 Å². The Hall–Kier alpha value is -11.2. The third-order valence-electron chi connectivity index (χ3n) is 19.4. The molecule has 2 nitrogen and oxygen atoms in total. The average Bonchev–Trinajstić information content (AvgIpc) is 1.39. The van der Waals surface area contributed by atoms with Gasteiger partial charge in [-0.1, -0.05) is 282 Å². The van der Waals surface area contributed by atoms with Crippen molar-refractivity contribution in [2.24, 2.45) is 0 Å². The zero-order chi connectivity index (χ0) is 60.0. The number of fused-ring (bicyclic) bond motifs is 10. The molecule has 0 spiro atoms. The molecule has 0 N–H and O–H groups in total. The molecule has 1 heterocycles. The maximum atomic E-state index is 4.89. The van der Waals surface area contributed by atoms with Crippen LogP contribution in [0, 0.1) is 0 Å². The Labute approximate surface area is 525 Å². The molecular formula is C88H62N2. The molecule has 18 rings (SSSR count). The molecule has 0 atom stereocenters. The van der Waals surface area contributed by atoms with Crippen LogP contribution in [0.2, 0.25) is 0 Å². The Bertz CT molecular complexity index is 5440. The van der Waals surface area contributed by atoms with Crippen molar-refractivity contribution in [3.63, 3.8) is 0 Å². The molecular weight excluding hydrogens is 1080 g/mol. The molecule has 424 valence electrons. The second kappa shape index (κ2) is 21.3. The molecule has 15 aromatic carbocycles. The minimum Gasteiger partial charge on any atom is -0.296 e. The summed E-state index contributed by atoms with van der Waals surface area (Å²) in [6, 6.07) is 114. The van der Waals surface area contributed by atoms with Crippen molar-refractivity contribution in [1.29, 1.82) is 0 Å². The van der Waals surface area contributed by atoms with Gasteiger partial charge in [-0.15, -0.1) is 0 Å². The van der Waals surface area contributed by atoms with Crippen LogP contribution >= 0.6 is 0 Å². The van der Waals surface area contributed by atoms with E-state index in [1.807, 2.05) is 0 Å². The number of nitrogens with zero attached hydrogens (tertiary/aromatic N) is 2. The monoisotopic (exact) mass is 1150 g/mol. The van der Waals surface area contributed by atoms with Gasteiger partial charge in [-0.25, -0.2) is 4.98 Å². The van der Waals surface area contributed by atoms with E-state index in [-0.39, 0.29) is 5.41 Å². The van der Waals surface area contributed by atoms with Gasteiger partial charge in [-0.2, -0.15) is 0 Å². The number of hydrogen-bond donors (Lipinski definition) is 0. The van der Waals surface area contributed by atoms with Gasteiger partial charge in [-0.3, -0.25) is 4.57 Å². The van der Waals surface area contributed by atoms with E-state index in [9.17, 15) is 0 Å². The minimum absolute atomic E-state index is 0.0000248. The van der Waals surface area contributed by atoms with Crippen molar-refractivity contribution < 1.29 is 0 Å². The number of rotatable bonds is 8. The Morgan fingerprint density at radius 1 is 0.300 bits per heavy atom. The molecule has 0 fully saturated rings. The van der Waals surface area contributed by atoms with Crippen molar-refractivity contribution in [1.82, 2.24) is 9.55 Å². The first-order valence-corrected chi connectivity index (χ1v) is 31.6. The number of imidazole rings is 1. The number of aromatic nitrogens is 2. The fourth-order valence-electron chi connectivity index (χ4n) is 15.0. The largest absolute Gasteiger partial charge is 0.296 e. The van der Waals surface area contributed by atoms with Gasteiger partial charge in [0, 0.05) is 17.5 Å². The van der Waals surface area contributed by atoms with E-state index in [0.29, 0.717) is 0 Å². The highest BCUT2D eigenvalue weighted by Crippen LogP contribution is 2.52. The minimum atomic E-state index is 0.0000248. The first-order valence-electron chi connectivity index (χ1n) is 31.6. The van der Waals surface area contributed by atoms with E-state index < -0.39 is 0 Å². The van der Waals surface area contributed by atoms with Gasteiger partial charge in [-0.05, 0) is 203 Å². The lowest BCUT2D eigenvalue weighted by molar-refractivity contribution is 0.660. The second-order valence-corrected chi connectivity index (χ2v) is 24.8. The van der Waals surface area contributed by atoms with Gasteiger partial charge in [0.25, 0.3) is 0 Å². The van der Waals surface area contributed by atoms with Crippen LogP contribution in [-0.4, -0.2) is 9.55 Å². The standard InChI is InChI=1S/C47H32.C41H30N2/c1-47(2)44-16-6-5-13-39(44)40-22-21-34(28-45(40)47)33-20-19-31-25-30(17-18-32(31)26-33)29-9-7-10-35(27-29)36-23-24-43-38-12-4-3-11-37(38)42-15-8-14-41(36)46(42)43;1-2-39-42-37-18-10-11-19-38(37)43(39)32-26-24-31(25-27-32)41-35-16-8-6-14-33(35)40(34-15-7-9-17-36(34)41)30-22-20-29(21-23-30)28-12-4-3-5-13-28/h3-28H,1-2H3;3-27H,2H2,1H3. The summed E-state index contributed by atoms with van der Waals surface area (Å²) in [5, 5.41) is 10.3. The van der Waals surface area contributed by atoms with Crippen molar-refractivity contribution in [2.75, 3.05) is 0 Å². The van der Waals surface area contributed by atoms with E-state index in [1.54, 1.807) is 0 Å². The molecule has 90 heavy (non-hydrogen) atoms. The van der Waals surface area contributed by atoms with Gasteiger partial charge >= 0.3 is 0 Å². The van der Waals surface area contributed by atoms with Gasteiger partial charge in [0.15, 0.2) is 0 Å². The molecule has 0 aliphatic heterocycles. The Balaban J connectivity index is 0.000000139. The van der Waals surface area contributed by atoms with Crippen LogP contribution in [0.3, 0.4) is 0 Å². The maximum absolute atomic E-state index is 4.89. The number of hydrogen-bond acceptors (Lipinski definition) is 1. The van der Waals surface area contributed by atoms with Crippen molar-refractivity contribution in [2.45, 2.75) is 32.6 Å². The van der Waals surface area contributed by atoms with Gasteiger partial charge in [0.1, 0.15) is 5.82 Å². The molecule has 0 amide bonds. The van der Waals surface area contributed by atoms with Crippen molar-refractivity contribution in [3.05, 3.63) is 326 Å². The first-order chi connectivity index (χ1) is 44.3. The lowest BCUT2D eigenvalue weighted by Crippen LogP contribution is -2.14. The summed E-state index contributed by atoms with van der Waals surface area (Å²) >= 11 is 0. The molecule has 2 aliphatic carbocycles. The molecule has 2 heteroatoms. The molecule has 0 unspecified atom stereocenters. The summed E-state index contributed by atoms with van der Waals surface area (Å²) in [6.07, 6.45) is 0.875. The molecule has 16 aromatic rings. The summed E-state index contributed by atoms with van der Waals surface area (Å²) in [7, 11) is 0. The van der Waals surface area contributed by atoms with Crippen LogP contribution in [0.25, 0.3) is 160 Å². The van der Waals surface area contributed by atoms with Gasteiger partial charge < -0.3 is 0 Å². The predicted octanol–water partition coefficient (Wildman–Crippen LogP) is 23.8. The fraction of sp³-hybridized carbons (Fsp3) is 0.0568. The molecule has 0 radical (unpaired) electrons. The molecule has 0 saturated heterocycles. The van der Waals surface area contributed by atoms with Crippen LogP contribution in [0.5, 0.6) is 0 Å². The summed E-state index contributed by atoms with van der Waals surface area (Å²) < 4.78 is 2.29. The number of benzene rings is 15. The third-order valence-corrected chi connectivity index (χ3v) is 19.4. The van der Waals surface area contributed by atoms with Gasteiger partial charge in [0.2, 0.25) is 0 Å². The average molecular weight is 1150 g/mol. The Morgan fingerprint density at radius 2 is 0.733 bits per heavy atom. The van der Waals surface area contributed by atoms with Gasteiger partial charge in [0.05, 0.1) is 11.0 Å². The highest BCUT2D eigenvalue weighted by atomic mass is 15.1. The first kappa shape index (κ1) is 53.1. The van der Waals surface area contributed by atoms with E-state index in [4.69, 9.17) is 4.98 Å². The van der Waals surface area contributed by atoms with E-state index in [2.05, 4.69) is 335 Å². The predicted molar refractivity (Wildman–Crippen MR) is 382 cm³/mol. The van der Waals surface area contributed by atoms with Crippen LogP contribution in [-0.2, 0) is 11.8 Å². The van der Waals surface area contributed by atoms with Crippen LogP contribution in [0.15, 0.2) is 309 Å². The summed E-state index contributed by atoms with van der Waals surface area (Å²) in [4.78, 5) is 4.89. The van der Waals surface area contributed by atoms with Crippen molar-refractivity contribution in [3.8, 4) is 106 Å². The van der Waals surface area contributed by atoms with E-state index in [1.165, 1.54) is 154 Å². The third kappa shape index (κ3) is 8.66. The Morgan fingerprint density at radius 3 is 1.40 bits per heavy atom. The number of aryl methyl sites for hydroxylation is 1. The molecule has 2 aliphatic rings. The zero-order valence-corrected chi connectivity index (χ0v) is 50.5. The van der Waals surface area contributed by atoms with Crippen LogP contribution < -0.4 is 0 Å².